The first-order valence-corrected chi connectivity index (χ1v) is 7.58. The molecule has 19 heavy (non-hydrogen) atoms. The number of rotatable bonds is 0. The van der Waals surface area contributed by atoms with E-state index >= 15 is 0 Å². The monoisotopic (exact) mass is 317 g/mol. The van der Waals surface area contributed by atoms with Crippen molar-refractivity contribution in [1.29, 1.82) is 0 Å². The van der Waals surface area contributed by atoms with Gasteiger partial charge in [0.15, 0.2) is 0 Å². The van der Waals surface area contributed by atoms with E-state index in [1.165, 1.54) is 0 Å². The van der Waals surface area contributed by atoms with Crippen molar-refractivity contribution in [2.45, 2.75) is 31.6 Å². The molecule has 5 heteroatoms. The summed E-state index contributed by atoms with van der Waals surface area (Å²) in [5, 5.41) is 1.50. The van der Waals surface area contributed by atoms with Crippen LogP contribution >= 0.6 is 34.8 Å². The van der Waals surface area contributed by atoms with Gasteiger partial charge in [0.05, 0.1) is 21.0 Å². The SMILES string of the molecule is CN1CCc2c(Cl)c(Cl)c(Cl)c3c2C(CCC3)C1=O. The molecule has 1 aromatic carbocycles. The molecule has 0 spiro atoms. The zero-order valence-corrected chi connectivity index (χ0v) is 12.9. The average molecular weight is 319 g/mol. The average Bonchev–Trinajstić information content (AvgIpc) is 2.54. The Kier molecular flexibility index (Phi) is 3.45. The Morgan fingerprint density at radius 3 is 2.37 bits per heavy atom. The highest BCUT2D eigenvalue weighted by molar-refractivity contribution is 6.48. The second-order valence-corrected chi connectivity index (χ2v) is 6.40. The largest absolute Gasteiger partial charge is 0.345 e. The summed E-state index contributed by atoms with van der Waals surface area (Å²) in [5.74, 6) is 0.0765. The Hall–Kier alpha value is -0.440. The van der Waals surface area contributed by atoms with Gasteiger partial charge >= 0.3 is 0 Å². The van der Waals surface area contributed by atoms with Crippen LogP contribution in [0.2, 0.25) is 15.1 Å². The van der Waals surface area contributed by atoms with Crippen LogP contribution in [0.25, 0.3) is 0 Å². The number of hydrogen-bond donors (Lipinski definition) is 0. The maximum Gasteiger partial charge on any atom is 0.229 e. The zero-order chi connectivity index (χ0) is 13.7. The van der Waals surface area contributed by atoms with Crippen molar-refractivity contribution in [1.82, 2.24) is 4.90 Å². The van der Waals surface area contributed by atoms with E-state index in [0.717, 1.165) is 42.4 Å². The van der Waals surface area contributed by atoms with Crippen LogP contribution in [-0.4, -0.2) is 24.4 Å². The minimum absolute atomic E-state index is 0.0986. The third-order valence-electron chi connectivity index (χ3n) is 4.21. The second kappa shape index (κ2) is 4.83. The number of hydrogen-bond acceptors (Lipinski definition) is 1. The lowest BCUT2D eigenvalue weighted by Gasteiger charge is -2.28. The molecule has 0 saturated heterocycles. The predicted octanol–water partition coefficient (Wildman–Crippen LogP) is 4.08. The molecule has 1 unspecified atom stereocenters. The molecule has 0 saturated carbocycles. The van der Waals surface area contributed by atoms with E-state index in [0.29, 0.717) is 21.6 Å². The number of halogens is 3. The molecule has 3 rings (SSSR count). The number of likely N-dealkylation sites (N-methyl/N-ethyl adjacent to an activating group) is 1. The molecule has 0 bridgehead atoms. The Morgan fingerprint density at radius 1 is 1.05 bits per heavy atom. The Balaban J connectivity index is 2.30. The van der Waals surface area contributed by atoms with E-state index in [2.05, 4.69) is 0 Å². The van der Waals surface area contributed by atoms with E-state index in [1.54, 1.807) is 4.90 Å². The van der Waals surface area contributed by atoms with Crippen molar-refractivity contribution in [2.24, 2.45) is 0 Å². The summed E-state index contributed by atoms with van der Waals surface area (Å²) >= 11 is 18.9. The molecule has 1 amide bonds. The molecular weight excluding hydrogens is 305 g/mol. The van der Waals surface area contributed by atoms with E-state index < -0.39 is 0 Å². The van der Waals surface area contributed by atoms with Crippen LogP contribution in [0.4, 0.5) is 0 Å². The lowest BCUT2D eigenvalue weighted by molar-refractivity contribution is -0.131. The normalized spacial score (nSPS) is 22.2. The molecule has 2 aliphatic rings. The Labute approximate surface area is 127 Å². The number of amides is 1. The predicted molar refractivity (Wildman–Crippen MR) is 78.5 cm³/mol. The summed E-state index contributed by atoms with van der Waals surface area (Å²) in [6.45, 7) is 0.680. The van der Waals surface area contributed by atoms with Gasteiger partial charge in [-0.05, 0) is 42.4 Å². The summed E-state index contributed by atoms with van der Waals surface area (Å²) in [4.78, 5) is 14.2. The summed E-state index contributed by atoms with van der Waals surface area (Å²) in [7, 11) is 1.85. The zero-order valence-electron chi connectivity index (χ0n) is 10.6. The van der Waals surface area contributed by atoms with Gasteiger partial charge in [0.1, 0.15) is 0 Å². The molecule has 1 aromatic rings. The van der Waals surface area contributed by atoms with E-state index in [9.17, 15) is 4.79 Å². The van der Waals surface area contributed by atoms with Crippen LogP contribution in [0.5, 0.6) is 0 Å². The van der Waals surface area contributed by atoms with Gasteiger partial charge in [0.25, 0.3) is 0 Å². The van der Waals surface area contributed by atoms with Crippen LogP contribution in [0, 0.1) is 0 Å². The first kappa shape index (κ1) is 13.5. The van der Waals surface area contributed by atoms with Gasteiger partial charge < -0.3 is 4.90 Å². The molecule has 1 aliphatic heterocycles. The van der Waals surface area contributed by atoms with E-state index in [4.69, 9.17) is 34.8 Å². The third kappa shape index (κ3) is 1.96. The summed E-state index contributed by atoms with van der Waals surface area (Å²) in [5.41, 5.74) is 3.11. The smallest absolute Gasteiger partial charge is 0.229 e. The molecular formula is C14H14Cl3NO. The highest BCUT2D eigenvalue weighted by Gasteiger charge is 2.36. The molecule has 0 N–H and O–H groups in total. The molecule has 102 valence electrons. The van der Waals surface area contributed by atoms with E-state index in [-0.39, 0.29) is 11.8 Å². The maximum absolute atomic E-state index is 12.4. The standard InChI is InChI=1S/C14H14Cl3NO/c1-18-6-5-8-10-7(11(15)13(17)12(8)16)3-2-4-9(10)14(18)19/h9H,2-6H2,1H3. The lowest BCUT2D eigenvalue weighted by Crippen LogP contribution is -2.32. The third-order valence-corrected chi connectivity index (χ3v) is 5.61. The van der Waals surface area contributed by atoms with Gasteiger partial charge in [-0.2, -0.15) is 0 Å². The molecule has 0 aromatic heterocycles. The van der Waals surface area contributed by atoms with Gasteiger partial charge in [-0.25, -0.2) is 0 Å². The van der Waals surface area contributed by atoms with Gasteiger partial charge in [-0.15, -0.1) is 0 Å². The number of benzene rings is 1. The van der Waals surface area contributed by atoms with Gasteiger partial charge in [-0.1, -0.05) is 34.8 Å². The molecule has 0 fully saturated rings. The van der Waals surface area contributed by atoms with Gasteiger partial charge in [-0.3, -0.25) is 4.79 Å². The quantitative estimate of drug-likeness (QED) is 0.660. The van der Waals surface area contributed by atoms with Crippen LogP contribution in [-0.2, 0) is 17.6 Å². The molecule has 1 heterocycles. The topological polar surface area (TPSA) is 20.3 Å². The molecule has 2 nitrogen and oxygen atoms in total. The van der Waals surface area contributed by atoms with Crippen molar-refractivity contribution in [2.75, 3.05) is 13.6 Å². The van der Waals surface area contributed by atoms with Crippen molar-refractivity contribution in [3.05, 3.63) is 31.8 Å². The second-order valence-electron chi connectivity index (χ2n) is 5.27. The van der Waals surface area contributed by atoms with Gasteiger partial charge in [0, 0.05) is 13.6 Å². The number of carbonyl (C=O) groups excluding carboxylic acids is 1. The Bertz CT molecular complexity index is 571. The van der Waals surface area contributed by atoms with Crippen molar-refractivity contribution in [3.8, 4) is 0 Å². The summed E-state index contributed by atoms with van der Waals surface area (Å²) < 4.78 is 0. The van der Waals surface area contributed by atoms with E-state index in [1.807, 2.05) is 7.05 Å². The molecule has 1 aliphatic carbocycles. The van der Waals surface area contributed by atoms with Gasteiger partial charge in [0.2, 0.25) is 5.91 Å². The fraction of sp³-hybridized carbons (Fsp3) is 0.500. The minimum Gasteiger partial charge on any atom is -0.345 e. The van der Waals surface area contributed by atoms with Crippen LogP contribution in [0.1, 0.15) is 35.4 Å². The van der Waals surface area contributed by atoms with Crippen molar-refractivity contribution in [3.63, 3.8) is 0 Å². The first-order chi connectivity index (χ1) is 9.02. The van der Waals surface area contributed by atoms with Crippen molar-refractivity contribution >= 4 is 40.7 Å². The fourth-order valence-electron chi connectivity index (χ4n) is 3.22. The molecule has 0 radical (unpaired) electrons. The number of nitrogens with zero attached hydrogens (tertiary/aromatic N) is 1. The number of carbonyl (C=O) groups is 1. The maximum atomic E-state index is 12.4. The van der Waals surface area contributed by atoms with Crippen LogP contribution in [0.3, 0.4) is 0 Å². The first-order valence-electron chi connectivity index (χ1n) is 6.45. The van der Waals surface area contributed by atoms with Crippen molar-refractivity contribution < 1.29 is 4.79 Å². The fourth-order valence-corrected chi connectivity index (χ4v) is 4.08. The minimum atomic E-state index is -0.0986. The highest BCUT2D eigenvalue weighted by Crippen LogP contribution is 2.47. The molecule has 1 atom stereocenters. The van der Waals surface area contributed by atoms with Crippen LogP contribution < -0.4 is 0 Å². The highest BCUT2D eigenvalue weighted by atomic mass is 35.5. The summed E-state index contributed by atoms with van der Waals surface area (Å²) in [6.07, 6.45) is 3.47. The summed E-state index contributed by atoms with van der Waals surface area (Å²) in [6, 6.07) is 0. The Morgan fingerprint density at radius 2 is 1.68 bits per heavy atom. The van der Waals surface area contributed by atoms with Crippen LogP contribution in [0.15, 0.2) is 0 Å². The lowest BCUT2D eigenvalue weighted by atomic mass is 9.79.